The van der Waals surface area contributed by atoms with Crippen molar-refractivity contribution in [2.24, 2.45) is 0 Å². The van der Waals surface area contributed by atoms with Gasteiger partial charge < -0.3 is 4.74 Å². The number of hydrogen-bond acceptors (Lipinski definition) is 6. The van der Waals surface area contributed by atoms with Crippen LogP contribution in [0.5, 0.6) is 5.75 Å². The zero-order chi connectivity index (χ0) is 17.5. The van der Waals surface area contributed by atoms with Gasteiger partial charge >= 0.3 is 18.2 Å². The molecule has 0 unspecified atom stereocenters. The molecule has 0 N–H and O–H groups in total. The lowest BCUT2D eigenvalue weighted by Gasteiger charge is -2.15. The molecule has 7 nitrogen and oxygen atoms in total. The maximum Gasteiger partial charge on any atom is 0.573 e. The van der Waals surface area contributed by atoms with Crippen LogP contribution in [0.1, 0.15) is 5.69 Å². The van der Waals surface area contributed by atoms with Crippen molar-refractivity contribution >= 4 is 25.4 Å². The third-order valence-electron chi connectivity index (χ3n) is 1.86. The molecule has 1 heterocycles. The molecule has 0 aromatic carbocycles. The number of aromatic nitrogens is 1. The van der Waals surface area contributed by atoms with E-state index in [1.807, 2.05) is 0 Å². The van der Waals surface area contributed by atoms with Gasteiger partial charge in [0.2, 0.25) is 5.75 Å². The monoisotopic (exact) mass is 374 g/mol. The van der Waals surface area contributed by atoms with E-state index >= 15 is 0 Å². The van der Waals surface area contributed by atoms with E-state index in [2.05, 4.69) is 9.72 Å². The first kappa shape index (κ1) is 18.2. The van der Waals surface area contributed by atoms with Crippen LogP contribution in [-0.4, -0.2) is 24.7 Å². The Morgan fingerprint density at radius 2 is 1.73 bits per heavy atom. The van der Waals surface area contributed by atoms with Crippen LogP contribution in [0.4, 0.5) is 32.0 Å². The van der Waals surface area contributed by atoms with Crippen LogP contribution < -0.4 is 4.74 Å². The molecule has 0 atom stereocenters. The van der Waals surface area contributed by atoms with Gasteiger partial charge in [-0.25, -0.2) is 13.4 Å². The Kier molecular flexibility index (Phi) is 4.49. The summed E-state index contributed by atoms with van der Waals surface area (Å²) in [5, 5.41) is 8.94. The second-order valence-electron chi connectivity index (χ2n) is 3.40. The highest BCUT2D eigenvalue weighted by Crippen LogP contribution is 2.43. The van der Waals surface area contributed by atoms with Gasteiger partial charge in [0, 0.05) is 10.7 Å². The molecular formula is C7HClF6N2O5S. The first-order chi connectivity index (χ1) is 9.63. The van der Waals surface area contributed by atoms with E-state index in [0.29, 0.717) is 0 Å². The van der Waals surface area contributed by atoms with Crippen molar-refractivity contribution in [2.75, 3.05) is 0 Å². The van der Waals surface area contributed by atoms with Crippen molar-refractivity contribution in [1.29, 1.82) is 0 Å². The van der Waals surface area contributed by atoms with Gasteiger partial charge in [-0.2, -0.15) is 13.2 Å². The molecule has 0 aliphatic carbocycles. The van der Waals surface area contributed by atoms with Crippen LogP contribution in [0.3, 0.4) is 0 Å². The van der Waals surface area contributed by atoms with E-state index in [9.17, 15) is 44.9 Å². The van der Waals surface area contributed by atoms with Gasteiger partial charge in [0.25, 0.3) is 9.05 Å². The summed E-state index contributed by atoms with van der Waals surface area (Å²) in [5.74, 6) is -2.30. The van der Waals surface area contributed by atoms with E-state index in [1.54, 1.807) is 0 Å². The van der Waals surface area contributed by atoms with Crippen LogP contribution in [-0.2, 0) is 15.2 Å². The number of alkyl halides is 6. The molecule has 0 amide bonds. The second kappa shape index (κ2) is 5.42. The molecule has 0 bridgehead atoms. The van der Waals surface area contributed by atoms with Gasteiger partial charge in [-0.05, 0) is 0 Å². The molecule has 0 spiro atoms. The van der Waals surface area contributed by atoms with Gasteiger partial charge in [-0.1, -0.05) is 0 Å². The minimum absolute atomic E-state index is 0.182. The van der Waals surface area contributed by atoms with Crippen molar-refractivity contribution < 1.29 is 44.4 Å². The summed E-state index contributed by atoms with van der Waals surface area (Å²) in [6.45, 7) is 0. The fourth-order valence-corrected chi connectivity index (χ4v) is 1.86. The molecule has 15 heteroatoms. The summed E-state index contributed by atoms with van der Waals surface area (Å²) >= 11 is 0. The van der Waals surface area contributed by atoms with Gasteiger partial charge in [0.1, 0.15) is 0 Å². The molecule has 0 aliphatic rings. The van der Waals surface area contributed by atoms with Crippen molar-refractivity contribution in [3.63, 3.8) is 0 Å². The minimum Gasteiger partial charge on any atom is -0.396 e. The fraction of sp³-hybridized carbons (Fsp3) is 0.286. The zero-order valence-electron chi connectivity index (χ0n) is 9.57. The van der Waals surface area contributed by atoms with Crippen molar-refractivity contribution in [3.05, 3.63) is 21.9 Å². The Balaban J connectivity index is 3.83. The lowest BCUT2D eigenvalue weighted by Crippen LogP contribution is -2.22. The van der Waals surface area contributed by atoms with E-state index in [1.165, 1.54) is 0 Å². The fourth-order valence-electron chi connectivity index (χ4n) is 1.17. The molecule has 0 saturated carbocycles. The summed E-state index contributed by atoms with van der Waals surface area (Å²) in [6, 6.07) is -0.182. The summed E-state index contributed by atoms with van der Waals surface area (Å²) in [5.41, 5.74) is -4.47. The molecule has 1 aromatic heterocycles. The predicted octanol–water partition coefficient (Wildman–Crippen LogP) is 2.83. The largest absolute Gasteiger partial charge is 0.573 e. The van der Waals surface area contributed by atoms with E-state index < -0.39 is 48.7 Å². The van der Waals surface area contributed by atoms with E-state index in [4.69, 9.17) is 10.7 Å². The van der Waals surface area contributed by atoms with Gasteiger partial charge in [-0.15, -0.1) is 13.2 Å². The van der Waals surface area contributed by atoms with Crippen molar-refractivity contribution in [3.8, 4) is 5.75 Å². The average Bonchev–Trinajstić information content (AvgIpc) is 2.23. The lowest BCUT2D eigenvalue weighted by molar-refractivity contribution is -0.389. The molecule has 1 rings (SSSR count). The van der Waals surface area contributed by atoms with E-state index in [-0.39, 0.29) is 6.07 Å². The topological polar surface area (TPSA) is 99.4 Å². The Morgan fingerprint density at radius 3 is 2.05 bits per heavy atom. The number of hydrogen-bond donors (Lipinski definition) is 0. The summed E-state index contributed by atoms with van der Waals surface area (Å²) < 4.78 is 99.1. The second-order valence-corrected chi connectivity index (χ2v) is 5.91. The highest BCUT2D eigenvalue weighted by molar-refractivity contribution is 8.13. The molecular weight excluding hydrogens is 374 g/mol. The van der Waals surface area contributed by atoms with Crippen LogP contribution in [0.2, 0.25) is 0 Å². The number of pyridine rings is 1. The number of rotatable bonds is 3. The highest BCUT2D eigenvalue weighted by Gasteiger charge is 2.46. The average molecular weight is 375 g/mol. The normalized spacial score (nSPS) is 13.0. The predicted molar refractivity (Wildman–Crippen MR) is 55.6 cm³/mol. The maximum atomic E-state index is 12.7. The van der Waals surface area contributed by atoms with Gasteiger partial charge in [0.15, 0.2) is 10.7 Å². The summed E-state index contributed by atoms with van der Waals surface area (Å²) in [4.78, 5) is 11.3. The van der Waals surface area contributed by atoms with Crippen LogP contribution >= 0.6 is 10.7 Å². The molecule has 0 saturated heterocycles. The van der Waals surface area contributed by atoms with Crippen molar-refractivity contribution in [1.82, 2.24) is 4.98 Å². The first-order valence-corrected chi connectivity index (χ1v) is 6.91. The standard InChI is InChI=1S/C7HClF6N2O5S/c8-22(19,20)3-1-2(16(17)18)4(21-7(12,13)14)5(15-3)6(9,10)11/h1H. The zero-order valence-corrected chi connectivity index (χ0v) is 11.1. The summed E-state index contributed by atoms with van der Waals surface area (Å²) in [7, 11) is -0.283. The van der Waals surface area contributed by atoms with Crippen LogP contribution in [0, 0.1) is 10.1 Å². The van der Waals surface area contributed by atoms with Gasteiger partial charge in [0.05, 0.1) is 11.0 Å². The molecule has 0 aliphatic heterocycles. The summed E-state index contributed by atoms with van der Waals surface area (Å²) in [6.07, 6.45) is -11.4. The van der Waals surface area contributed by atoms with Crippen molar-refractivity contribution in [2.45, 2.75) is 17.6 Å². The first-order valence-electron chi connectivity index (χ1n) is 4.60. The quantitative estimate of drug-likeness (QED) is 0.349. The molecule has 124 valence electrons. The number of nitrogens with zero attached hydrogens (tertiary/aromatic N) is 2. The SMILES string of the molecule is O=[N+]([O-])c1cc(S(=O)(=O)Cl)nc(C(F)(F)F)c1OC(F)(F)F. The molecule has 1 aromatic rings. The molecule has 0 fully saturated rings. The minimum atomic E-state index is -5.71. The highest BCUT2D eigenvalue weighted by atomic mass is 35.7. The maximum absolute atomic E-state index is 12.7. The third kappa shape index (κ3) is 4.33. The van der Waals surface area contributed by atoms with Gasteiger partial charge in [-0.3, -0.25) is 10.1 Å². The Labute approximate surface area is 121 Å². The molecule has 0 radical (unpaired) electrons. The Bertz CT molecular complexity index is 715. The number of halogens is 7. The number of nitro groups is 1. The third-order valence-corrected chi connectivity index (χ3v) is 3.05. The smallest absolute Gasteiger partial charge is 0.396 e. The van der Waals surface area contributed by atoms with Crippen LogP contribution in [0.15, 0.2) is 11.1 Å². The Morgan fingerprint density at radius 1 is 1.23 bits per heavy atom. The van der Waals surface area contributed by atoms with E-state index in [0.717, 1.165) is 0 Å². The lowest BCUT2D eigenvalue weighted by atomic mass is 10.2. The number of ether oxygens (including phenoxy) is 1. The Hall–Kier alpha value is -1.83. The van der Waals surface area contributed by atoms with Crippen LogP contribution in [0.25, 0.3) is 0 Å². The molecule has 22 heavy (non-hydrogen) atoms.